The van der Waals surface area contributed by atoms with Crippen molar-refractivity contribution in [2.24, 2.45) is 11.8 Å². The number of nitrogens with one attached hydrogen (secondary N) is 1. The van der Waals surface area contributed by atoms with E-state index in [9.17, 15) is 4.79 Å². The summed E-state index contributed by atoms with van der Waals surface area (Å²) in [5.74, 6) is 1.09. The topological polar surface area (TPSA) is 32.3 Å². The number of nitrogens with zero attached hydrogens (tertiary/aromatic N) is 1. The van der Waals surface area contributed by atoms with Crippen LogP contribution in [0.25, 0.3) is 0 Å². The number of carbonyl (C=O) groups excluding carboxylic acids is 1. The third-order valence-corrected chi connectivity index (χ3v) is 4.25. The first-order chi connectivity index (χ1) is 9.90. The van der Waals surface area contributed by atoms with Crippen molar-refractivity contribution in [1.29, 1.82) is 0 Å². The molecule has 1 amide bonds. The van der Waals surface area contributed by atoms with E-state index in [1.54, 1.807) is 0 Å². The zero-order valence-corrected chi connectivity index (χ0v) is 14.0. The molecule has 1 aromatic rings. The Morgan fingerprint density at radius 1 is 1.19 bits per heavy atom. The second-order valence-electron chi connectivity index (χ2n) is 6.56. The van der Waals surface area contributed by atoms with Crippen LogP contribution < -0.4 is 5.32 Å². The van der Waals surface area contributed by atoms with Gasteiger partial charge < -0.3 is 4.90 Å². The van der Waals surface area contributed by atoms with Gasteiger partial charge in [-0.1, -0.05) is 51.4 Å². The van der Waals surface area contributed by atoms with Crippen LogP contribution in [0, 0.1) is 11.8 Å². The SMILES string of the molecule is CC(C)CCN1C(=O)C(C(C)C)NC1c1ccc(Cl)cc1. The Morgan fingerprint density at radius 2 is 1.81 bits per heavy atom. The summed E-state index contributed by atoms with van der Waals surface area (Å²) in [4.78, 5) is 14.6. The molecule has 0 bridgehead atoms. The number of carbonyl (C=O) groups is 1. The van der Waals surface area contributed by atoms with E-state index in [0.29, 0.717) is 5.92 Å². The normalized spacial score (nSPS) is 22.6. The summed E-state index contributed by atoms with van der Waals surface area (Å²) in [5.41, 5.74) is 1.10. The van der Waals surface area contributed by atoms with Gasteiger partial charge in [0.1, 0.15) is 6.17 Å². The van der Waals surface area contributed by atoms with Crippen LogP contribution in [0.5, 0.6) is 0 Å². The van der Waals surface area contributed by atoms with Crippen LogP contribution in [-0.2, 0) is 4.79 Å². The van der Waals surface area contributed by atoms with Gasteiger partial charge in [-0.15, -0.1) is 0 Å². The fourth-order valence-corrected chi connectivity index (χ4v) is 2.80. The Bertz CT molecular complexity index is 484. The lowest BCUT2D eigenvalue weighted by Crippen LogP contribution is -2.35. The third-order valence-electron chi connectivity index (χ3n) is 4.00. The van der Waals surface area contributed by atoms with Crippen LogP contribution >= 0.6 is 11.6 Å². The molecule has 1 saturated heterocycles. The van der Waals surface area contributed by atoms with Crippen molar-refractivity contribution in [3.8, 4) is 0 Å². The fraction of sp³-hybridized carbons (Fsp3) is 0.588. The molecule has 1 N–H and O–H groups in total. The maximum absolute atomic E-state index is 12.6. The summed E-state index contributed by atoms with van der Waals surface area (Å²) in [5, 5.41) is 4.20. The predicted octanol–water partition coefficient (Wildman–Crippen LogP) is 3.84. The lowest BCUT2D eigenvalue weighted by Gasteiger charge is -2.25. The summed E-state index contributed by atoms with van der Waals surface area (Å²) in [7, 11) is 0. The Morgan fingerprint density at radius 3 is 2.33 bits per heavy atom. The molecule has 1 aliphatic heterocycles. The molecule has 0 aliphatic carbocycles. The highest BCUT2D eigenvalue weighted by Gasteiger charge is 2.40. The van der Waals surface area contributed by atoms with Gasteiger partial charge in [-0.05, 0) is 36.0 Å². The first kappa shape index (κ1) is 16.3. The number of amides is 1. The van der Waals surface area contributed by atoms with Gasteiger partial charge in [-0.25, -0.2) is 0 Å². The molecular weight excluding hydrogens is 284 g/mol. The Balaban J connectivity index is 2.22. The molecule has 1 heterocycles. The number of rotatable bonds is 5. The molecule has 2 unspecified atom stereocenters. The largest absolute Gasteiger partial charge is 0.322 e. The van der Waals surface area contributed by atoms with Gasteiger partial charge in [0.15, 0.2) is 0 Å². The zero-order valence-electron chi connectivity index (χ0n) is 13.3. The molecule has 116 valence electrons. The van der Waals surface area contributed by atoms with Crippen LogP contribution in [0.2, 0.25) is 5.02 Å². The van der Waals surface area contributed by atoms with Gasteiger partial charge in [-0.2, -0.15) is 0 Å². The maximum atomic E-state index is 12.6. The van der Waals surface area contributed by atoms with Gasteiger partial charge in [-0.3, -0.25) is 10.1 Å². The number of hydrogen-bond acceptors (Lipinski definition) is 2. The summed E-state index contributed by atoms with van der Waals surface area (Å²) in [6.07, 6.45) is 0.975. The number of benzene rings is 1. The van der Waals surface area contributed by atoms with Crippen molar-refractivity contribution < 1.29 is 4.79 Å². The van der Waals surface area contributed by atoms with Crippen LogP contribution in [0.15, 0.2) is 24.3 Å². The summed E-state index contributed by atoms with van der Waals surface area (Å²) in [6.45, 7) is 9.33. The van der Waals surface area contributed by atoms with E-state index in [4.69, 9.17) is 11.6 Å². The average molecular weight is 309 g/mol. The molecule has 2 atom stereocenters. The van der Waals surface area contributed by atoms with E-state index in [0.717, 1.165) is 23.6 Å². The highest BCUT2D eigenvalue weighted by Crippen LogP contribution is 2.29. The van der Waals surface area contributed by atoms with Crippen LogP contribution in [-0.4, -0.2) is 23.4 Å². The van der Waals surface area contributed by atoms with Crippen molar-refractivity contribution in [2.75, 3.05) is 6.54 Å². The molecule has 0 radical (unpaired) electrons. The van der Waals surface area contributed by atoms with E-state index < -0.39 is 0 Å². The Labute approximate surface area is 132 Å². The van der Waals surface area contributed by atoms with Crippen molar-refractivity contribution in [2.45, 2.75) is 46.3 Å². The Kier molecular flexibility index (Phi) is 5.28. The second-order valence-corrected chi connectivity index (χ2v) is 6.99. The van der Waals surface area contributed by atoms with Gasteiger partial charge in [0, 0.05) is 11.6 Å². The lowest BCUT2D eigenvalue weighted by atomic mass is 10.0. The van der Waals surface area contributed by atoms with E-state index >= 15 is 0 Å². The molecule has 4 heteroatoms. The van der Waals surface area contributed by atoms with E-state index in [1.807, 2.05) is 29.2 Å². The minimum absolute atomic E-state index is 0.0408. The van der Waals surface area contributed by atoms with E-state index in [1.165, 1.54) is 0 Å². The van der Waals surface area contributed by atoms with Crippen molar-refractivity contribution in [3.63, 3.8) is 0 Å². The zero-order chi connectivity index (χ0) is 15.6. The molecule has 21 heavy (non-hydrogen) atoms. The monoisotopic (exact) mass is 308 g/mol. The van der Waals surface area contributed by atoms with E-state index in [2.05, 4.69) is 33.0 Å². The third kappa shape index (κ3) is 3.78. The molecule has 2 rings (SSSR count). The summed E-state index contributed by atoms with van der Waals surface area (Å²) < 4.78 is 0. The van der Waals surface area contributed by atoms with Gasteiger partial charge in [0.2, 0.25) is 5.91 Å². The minimum atomic E-state index is -0.0992. The first-order valence-corrected chi connectivity index (χ1v) is 8.10. The van der Waals surface area contributed by atoms with E-state index in [-0.39, 0.29) is 24.0 Å². The summed E-state index contributed by atoms with van der Waals surface area (Å²) in [6, 6.07) is 7.66. The first-order valence-electron chi connectivity index (χ1n) is 7.72. The molecule has 3 nitrogen and oxygen atoms in total. The van der Waals surface area contributed by atoms with Crippen LogP contribution in [0.3, 0.4) is 0 Å². The van der Waals surface area contributed by atoms with Gasteiger partial charge in [0.25, 0.3) is 0 Å². The quantitative estimate of drug-likeness (QED) is 0.896. The summed E-state index contributed by atoms with van der Waals surface area (Å²) >= 11 is 5.96. The van der Waals surface area contributed by atoms with Gasteiger partial charge >= 0.3 is 0 Å². The number of halogens is 1. The molecule has 0 saturated carbocycles. The molecule has 0 spiro atoms. The minimum Gasteiger partial charge on any atom is -0.322 e. The smallest absolute Gasteiger partial charge is 0.241 e. The predicted molar refractivity (Wildman–Crippen MR) is 87.1 cm³/mol. The fourth-order valence-electron chi connectivity index (χ4n) is 2.67. The van der Waals surface area contributed by atoms with Crippen molar-refractivity contribution >= 4 is 17.5 Å². The van der Waals surface area contributed by atoms with Crippen molar-refractivity contribution in [1.82, 2.24) is 10.2 Å². The number of hydrogen-bond donors (Lipinski definition) is 1. The Hall–Kier alpha value is -1.06. The molecule has 1 fully saturated rings. The van der Waals surface area contributed by atoms with Gasteiger partial charge in [0.05, 0.1) is 6.04 Å². The molecular formula is C17H25ClN2O. The van der Waals surface area contributed by atoms with Crippen LogP contribution in [0.1, 0.15) is 45.8 Å². The average Bonchev–Trinajstić information content (AvgIpc) is 2.74. The lowest BCUT2D eigenvalue weighted by molar-refractivity contribution is -0.131. The molecule has 1 aliphatic rings. The highest BCUT2D eigenvalue weighted by molar-refractivity contribution is 6.30. The van der Waals surface area contributed by atoms with Crippen molar-refractivity contribution in [3.05, 3.63) is 34.9 Å². The van der Waals surface area contributed by atoms with Crippen LogP contribution in [0.4, 0.5) is 0 Å². The highest BCUT2D eigenvalue weighted by atomic mass is 35.5. The molecule has 0 aromatic heterocycles. The second kappa shape index (κ2) is 6.80. The standard InChI is InChI=1S/C17H25ClN2O/c1-11(2)9-10-20-16(13-5-7-14(18)8-6-13)19-15(12(3)4)17(20)21/h5-8,11-12,15-16,19H,9-10H2,1-4H3. The maximum Gasteiger partial charge on any atom is 0.241 e. The molecule has 1 aromatic carbocycles.